The second kappa shape index (κ2) is 8.74. The van der Waals surface area contributed by atoms with Gasteiger partial charge in [-0.3, -0.25) is 0 Å². The van der Waals surface area contributed by atoms with Crippen molar-refractivity contribution in [3.63, 3.8) is 0 Å². The third-order valence-corrected chi connectivity index (χ3v) is 10.2. The summed E-state index contributed by atoms with van der Waals surface area (Å²) >= 11 is 3.10. The molecule has 0 amide bonds. The standard InChI is InChI=1S/C39H22N2S2/c1-3-11-25-21-33-28(19-23(25)9-1)27-13-5-7-15-31(27)41(33)32-17-18-35-37(38(32)39-40-30-14-6-8-16-34(30)43-39)29-20-24-10-2-4-12-26(24)22-36(29)42-35/h1-22H/i1D,3D,5D,7D,9D,11D,13D,15D,19D,21D. The third kappa shape index (κ3) is 3.36. The molecule has 10 aromatic rings. The van der Waals surface area contributed by atoms with Crippen molar-refractivity contribution in [2.75, 3.05) is 0 Å². The number of hydrogen-bond acceptors (Lipinski definition) is 3. The first-order valence-corrected chi connectivity index (χ1v) is 15.3. The van der Waals surface area contributed by atoms with Gasteiger partial charge in [-0.15, -0.1) is 22.7 Å². The highest BCUT2D eigenvalue weighted by Gasteiger charge is 2.23. The first-order chi connectivity index (χ1) is 25.5. The highest BCUT2D eigenvalue weighted by atomic mass is 32.1. The van der Waals surface area contributed by atoms with E-state index in [0.717, 1.165) is 41.2 Å². The monoisotopic (exact) mass is 592 g/mol. The van der Waals surface area contributed by atoms with Crippen molar-refractivity contribution in [1.82, 2.24) is 9.55 Å². The molecule has 3 aromatic heterocycles. The zero-order valence-electron chi connectivity index (χ0n) is 32.1. The number of hydrogen-bond donors (Lipinski definition) is 0. The molecular formula is C39H22N2S2. The maximum Gasteiger partial charge on any atom is 0.127 e. The van der Waals surface area contributed by atoms with E-state index in [1.807, 2.05) is 48.5 Å². The Kier molecular flexibility index (Phi) is 3.25. The highest BCUT2D eigenvalue weighted by Crippen LogP contribution is 2.47. The number of thiophene rings is 1. The number of fused-ring (bicyclic) bond motifs is 9. The zero-order valence-corrected chi connectivity index (χ0v) is 23.8. The van der Waals surface area contributed by atoms with Crippen molar-refractivity contribution in [1.29, 1.82) is 0 Å². The second-order valence-corrected chi connectivity index (χ2v) is 12.5. The minimum atomic E-state index is -0.555. The van der Waals surface area contributed by atoms with Crippen LogP contribution in [0, 0.1) is 0 Å². The summed E-state index contributed by atoms with van der Waals surface area (Å²) in [6, 6.07) is 19.5. The van der Waals surface area contributed by atoms with Gasteiger partial charge in [0.25, 0.3) is 0 Å². The van der Waals surface area contributed by atoms with Gasteiger partial charge in [-0.05, 0) is 76.1 Å². The number of rotatable bonds is 2. The van der Waals surface area contributed by atoms with Crippen molar-refractivity contribution >= 4 is 96.4 Å². The number of aromatic nitrogens is 2. The third-order valence-electron chi connectivity index (χ3n) is 8.01. The first kappa shape index (κ1) is 16.0. The van der Waals surface area contributed by atoms with Gasteiger partial charge >= 0.3 is 0 Å². The molecule has 2 nitrogen and oxygen atoms in total. The Labute approximate surface area is 268 Å². The molecule has 43 heavy (non-hydrogen) atoms. The van der Waals surface area contributed by atoms with Gasteiger partial charge in [0.1, 0.15) is 5.01 Å². The van der Waals surface area contributed by atoms with E-state index in [1.54, 1.807) is 15.9 Å². The number of thiazole rings is 1. The lowest BCUT2D eigenvalue weighted by atomic mass is 10.0. The summed E-state index contributed by atoms with van der Waals surface area (Å²) in [5.74, 6) is 0. The lowest BCUT2D eigenvalue weighted by molar-refractivity contribution is 1.19. The normalized spacial score (nSPS) is 15.4. The van der Waals surface area contributed by atoms with Gasteiger partial charge in [0.05, 0.1) is 40.6 Å². The van der Waals surface area contributed by atoms with Crippen LogP contribution in [0.4, 0.5) is 0 Å². The van der Waals surface area contributed by atoms with E-state index in [-0.39, 0.29) is 50.7 Å². The molecule has 10 rings (SSSR count). The molecule has 0 spiro atoms. The van der Waals surface area contributed by atoms with Crippen LogP contribution in [0.3, 0.4) is 0 Å². The Morgan fingerprint density at radius 3 is 2.23 bits per heavy atom. The van der Waals surface area contributed by atoms with Crippen LogP contribution in [0.25, 0.3) is 90.0 Å². The summed E-state index contributed by atoms with van der Waals surface area (Å²) in [6.45, 7) is 0. The van der Waals surface area contributed by atoms with Crippen LogP contribution >= 0.6 is 22.7 Å². The molecule has 0 bridgehead atoms. The largest absolute Gasteiger partial charge is 0.308 e. The summed E-state index contributed by atoms with van der Waals surface area (Å²) < 4.78 is 93.7. The molecule has 0 saturated heterocycles. The van der Waals surface area contributed by atoms with Gasteiger partial charge in [0.2, 0.25) is 0 Å². The molecule has 0 aliphatic rings. The van der Waals surface area contributed by atoms with Crippen molar-refractivity contribution < 1.29 is 13.7 Å². The fourth-order valence-corrected chi connectivity index (χ4v) is 8.32. The number of nitrogens with zero attached hydrogens (tertiary/aromatic N) is 2. The highest BCUT2D eigenvalue weighted by molar-refractivity contribution is 7.26. The molecule has 0 aliphatic carbocycles. The van der Waals surface area contributed by atoms with Crippen LogP contribution in [0.2, 0.25) is 0 Å². The van der Waals surface area contributed by atoms with E-state index < -0.39 is 42.3 Å². The maximum absolute atomic E-state index is 9.64. The average Bonchev–Trinajstić information content (AvgIpc) is 3.86. The van der Waals surface area contributed by atoms with E-state index in [4.69, 9.17) is 14.6 Å². The first-order valence-electron chi connectivity index (χ1n) is 18.7. The Morgan fingerprint density at radius 1 is 0.581 bits per heavy atom. The molecule has 0 unspecified atom stereocenters. The summed E-state index contributed by atoms with van der Waals surface area (Å²) in [7, 11) is 0. The maximum atomic E-state index is 9.64. The van der Waals surface area contributed by atoms with Crippen molar-refractivity contribution in [2.24, 2.45) is 0 Å². The van der Waals surface area contributed by atoms with E-state index in [0.29, 0.717) is 16.3 Å². The summed E-state index contributed by atoms with van der Waals surface area (Å²) in [5, 5.41) is 4.28. The quantitative estimate of drug-likeness (QED) is 0.195. The second-order valence-electron chi connectivity index (χ2n) is 10.4. The molecule has 0 fully saturated rings. The Hall–Kier alpha value is -5.03. The SMILES string of the molecule is [2H]c1c([2H])c([2H])c2c([2H])c3c(c([2H])c2c1[2H])c1c([2H])c([2H])c([2H])c([2H])c1n3-c1ccc2sc3cc4ccccc4cc3c2c1-c1nc2ccccc2s1. The van der Waals surface area contributed by atoms with Crippen LogP contribution in [-0.2, 0) is 0 Å². The minimum Gasteiger partial charge on any atom is -0.308 e. The average molecular weight is 593 g/mol. The number of para-hydroxylation sites is 2. The van der Waals surface area contributed by atoms with Crippen LogP contribution in [0.5, 0.6) is 0 Å². The summed E-state index contributed by atoms with van der Waals surface area (Å²) in [5.41, 5.74) is 1.99. The molecule has 3 heterocycles. The summed E-state index contributed by atoms with van der Waals surface area (Å²) in [6.07, 6.45) is 0. The molecule has 0 atom stereocenters. The Morgan fingerprint density at radius 2 is 1.35 bits per heavy atom. The molecule has 200 valence electrons. The van der Waals surface area contributed by atoms with Gasteiger partial charge in [-0.1, -0.05) is 78.7 Å². The fraction of sp³-hybridized carbons (Fsp3) is 0. The smallest absolute Gasteiger partial charge is 0.127 e. The predicted molar refractivity (Wildman–Crippen MR) is 187 cm³/mol. The number of benzene rings is 7. The molecule has 0 radical (unpaired) electrons. The van der Waals surface area contributed by atoms with Crippen LogP contribution in [0.15, 0.2) is 133 Å². The molecule has 0 N–H and O–H groups in total. The van der Waals surface area contributed by atoms with Crippen LogP contribution < -0.4 is 0 Å². The lowest BCUT2D eigenvalue weighted by Gasteiger charge is -2.14. The van der Waals surface area contributed by atoms with Crippen LogP contribution in [0.1, 0.15) is 13.7 Å². The lowest BCUT2D eigenvalue weighted by Crippen LogP contribution is -1.97. The minimum absolute atomic E-state index is 0.00433. The van der Waals surface area contributed by atoms with Crippen LogP contribution in [-0.4, -0.2) is 9.55 Å². The van der Waals surface area contributed by atoms with Gasteiger partial charge in [-0.25, -0.2) is 4.98 Å². The van der Waals surface area contributed by atoms with Crippen molar-refractivity contribution in [3.05, 3.63) is 133 Å². The molecule has 0 aliphatic heterocycles. The molecule has 4 heteroatoms. The van der Waals surface area contributed by atoms with Gasteiger partial charge in [0.15, 0.2) is 0 Å². The van der Waals surface area contributed by atoms with E-state index >= 15 is 0 Å². The predicted octanol–water partition coefficient (Wildman–Crippen LogP) is 11.7. The van der Waals surface area contributed by atoms with E-state index in [2.05, 4.69) is 24.3 Å². The van der Waals surface area contributed by atoms with Gasteiger partial charge < -0.3 is 4.57 Å². The van der Waals surface area contributed by atoms with E-state index in [9.17, 15) is 4.11 Å². The topological polar surface area (TPSA) is 17.8 Å². The zero-order chi connectivity index (χ0) is 36.8. The molecule has 7 aromatic carbocycles. The van der Waals surface area contributed by atoms with Gasteiger partial charge in [0, 0.05) is 36.5 Å². The Balaban J connectivity index is 1.50. The fourth-order valence-electron chi connectivity index (χ4n) is 6.15. The van der Waals surface area contributed by atoms with Crippen molar-refractivity contribution in [3.8, 4) is 16.3 Å². The van der Waals surface area contributed by atoms with Gasteiger partial charge in [-0.2, -0.15) is 0 Å². The summed E-state index contributed by atoms with van der Waals surface area (Å²) in [4.78, 5) is 5.10. The van der Waals surface area contributed by atoms with E-state index in [1.165, 1.54) is 11.3 Å². The molecule has 0 saturated carbocycles. The van der Waals surface area contributed by atoms with Crippen molar-refractivity contribution in [2.45, 2.75) is 0 Å². The Bertz CT molecular complexity index is 3280. The molecular weight excluding hydrogens is 561 g/mol.